The first-order chi connectivity index (χ1) is 25.0. The molecule has 0 radical (unpaired) electrons. The summed E-state index contributed by atoms with van der Waals surface area (Å²) >= 11 is 13.5. The lowest BCUT2D eigenvalue weighted by molar-refractivity contribution is -0.140. The van der Waals surface area contributed by atoms with Gasteiger partial charge in [0, 0.05) is 69.1 Å². The van der Waals surface area contributed by atoms with Gasteiger partial charge in [0.2, 0.25) is 0 Å². The number of rotatable bonds is 13. The number of nitrogens with zero attached hydrogens (tertiary/aromatic N) is 3. The van der Waals surface area contributed by atoms with Gasteiger partial charge in [-0.2, -0.15) is 0 Å². The predicted molar refractivity (Wildman–Crippen MR) is 195 cm³/mol. The molecule has 2 heterocycles. The number of nitrogens with one attached hydrogen (secondary N) is 2. The number of halogens is 3. The molecule has 7 rings (SSSR count). The van der Waals surface area contributed by atoms with Crippen LogP contribution in [0.25, 0.3) is 11.1 Å². The molecule has 11 nitrogen and oxygen atoms in total. The van der Waals surface area contributed by atoms with Crippen molar-refractivity contribution in [3.63, 3.8) is 0 Å². The third kappa shape index (κ3) is 6.74. The number of carbonyl (C=O) groups excluding carboxylic acids is 1. The third-order valence-corrected chi connectivity index (χ3v) is 11.2. The molecular weight excluding hydrogens is 712 g/mol. The second-order valence-corrected chi connectivity index (χ2v) is 14.3. The standard InChI is InChI=1S/C38H40Cl2FN5O6/c1-45-28-12-16-46(15-5-17-47)20-27(28)43-35(45)36(48)44-26-9-4-8-24(32(26)39)21-6-3-7-23-22(21)10-11-29(23)52-31-18-30(51-2)25(34(41)33(31)40)19-42-38(13-14-38)37(49)50/h3-4,6-9,18,29,42,47H,5,10-17,19-20H2,1-2H3,(H,44,48)(H,49,50). The Morgan fingerprint density at radius 1 is 1.10 bits per heavy atom. The van der Waals surface area contributed by atoms with Crippen molar-refractivity contribution in [3.8, 4) is 22.6 Å². The maximum atomic E-state index is 15.6. The fraction of sp³-hybridized carbons (Fsp3) is 0.395. The van der Waals surface area contributed by atoms with Crippen molar-refractivity contribution in [1.82, 2.24) is 19.8 Å². The van der Waals surface area contributed by atoms with Gasteiger partial charge in [-0.05, 0) is 54.9 Å². The molecule has 2 aliphatic carbocycles. The molecule has 0 saturated heterocycles. The summed E-state index contributed by atoms with van der Waals surface area (Å²) in [5.74, 6) is -1.43. The Balaban J connectivity index is 1.10. The van der Waals surface area contributed by atoms with Crippen LogP contribution in [0.1, 0.15) is 70.5 Å². The summed E-state index contributed by atoms with van der Waals surface area (Å²) < 4.78 is 29.3. The number of fused-ring (bicyclic) bond motifs is 2. The minimum atomic E-state index is -1.05. The Kier molecular flexibility index (Phi) is 10.2. The van der Waals surface area contributed by atoms with Crippen LogP contribution in [0.2, 0.25) is 10.0 Å². The van der Waals surface area contributed by atoms with Crippen molar-refractivity contribution in [2.75, 3.05) is 32.1 Å². The largest absolute Gasteiger partial charge is 0.496 e. The smallest absolute Gasteiger partial charge is 0.323 e. The molecule has 4 aromatic rings. The van der Waals surface area contributed by atoms with Crippen LogP contribution in [0, 0.1) is 5.82 Å². The van der Waals surface area contributed by atoms with E-state index < -0.39 is 23.4 Å². The lowest BCUT2D eigenvalue weighted by Crippen LogP contribution is -2.38. The first-order valence-electron chi connectivity index (χ1n) is 17.3. The third-order valence-electron chi connectivity index (χ3n) is 10.4. The van der Waals surface area contributed by atoms with Gasteiger partial charge < -0.3 is 29.6 Å². The molecule has 14 heteroatoms. The van der Waals surface area contributed by atoms with Crippen LogP contribution in [0.5, 0.6) is 11.5 Å². The average Bonchev–Trinajstić information content (AvgIpc) is 3.73. The van der Waals surface area contributed by atoms with Gasteiger partial charge in [0.15, 0.2) is 11.6 Å². The minimum absolute atomic E-state index is 0.0636. The average molecular weight is 753 g/mol. The van der Waals surface area contributed by atoms with E-state index in [1.54, 1.807) is 12.1 Å². The highest BCUT2D eigenvalue weighted by Crippen LogP contribution is 2.46. The lowest BCUT2D eigenvalue weighted by Gasteiger charge is -2.26. The van der Waals surface area contributed by atoms with Gasteiger partial charge in [-0.25, -0.2) is 9.37 Å². The Hall–Kier alpha value is -4.20. The SMILES string of the molecule is COc1cc(OC2CCc3c(-c4cccc(NC(=O)c5nc6c(n5C)CCN(CCCO)C6)c4Cl)cccc32)c(Cl)c(F)c1CNC1(C(=O)O)CC1. The molecule has 274 valence electrons. The van der Waals surface area contributed by atoms with Gasteiger partial charge in [-0.15, -0.1) is 0 Å². The van der Waals surface area contributed by atoms with Crippen LogP contribution in [0.3, 0.4) is 0 Å². The summed E-state index contributed by atoms with van der Waals surface area (Å²) in [7, 11) is 3.26. The quantitative estimate of drug-likeness (QED) is 0.124. The fourth-order valence-corrected chi connectivity index (χ4v) is 7.82. The second kappa shape index (κ2) is 14.7. The van der Waals surface area contributed by atoms with Crippen molar-refractivity contribution in [2.45, 2.75) is 63.3 Å². The molecule has 1 amide bonds. The molecule has 0 spiro atoms. The molecule has 0 bridgehead atoms. The molecule has 3 aliphatic rings. The van der Waals surface area contributed by atoms with Gasteiger partial charge >= 0.3 is 5.97 Å². The highest BCUT2D eigenvalue weighted by Gasteiger charge is 2.50. The van der Waals surface area contributed by atoms with Crippen molar-refractivity contribution >= 4 is 40.8 Å². The number of carboxylic acid groups (broad SMARTS) is 1. The van der Waals surface area contributed by atoms with E-state index in [0.717, 1.165) is 53.2 Å². The number of aliphatic carboxylic acids is 1. The summed E-state index contributed by atoms with van der Waals surface area (Å²) in [6.45, 7) is 2.32. The molecule has 4 N–H and O–H groups in total. The number of ether oxygens (including phenoxy) is 2. The van der Waals surface area contributed by atoms with Crippen molar-refractivity contribution in [1.29, 1.82) is 0 Å². The number of hydrogen-bond acceptors (Lipinski definition) is 8. The fourth-order valence-electron chi connectivity index (χ4n) is 7.33. The number of benzene rings is 3. The van der Waals surface area contributed by atoms with E-state index in [0.29, 0.717) is 55.2 Å². The maximum Gasteiger partial charge on any atom is 0.323 e. The first-order valence-corrected chi connectivity index (χ1v) is 18.1. The highest BCUT2D eigenvalue weighted by molar-refractivity contribution is 6.36. The topological polar surface area (TPSA) is 138 Å². The highest BCUT2D eigenvalue weighted by atomic mass is 35.5. The molecular formula is C38H40Cl2FN5O6. The van der Waals surface area contributed by atoms with E-state index in [-0.39, 0.29) is 41.1 Å². The zero-order valence-corrected chi connectivity index (χ0v) is 30.4. The van der Waals surface area contributed by atoms with Gasteiger partial charge in [-0.1, -0.05) is 53.5 Å². The van der Waals surface area contributed by atoms with E-state index in [4.69, 9.17) is 32.7 Å². The number of imidazole rings is 1. The van der Waals surface area contributed by atoms with Crippen LogP contribution < -0.4 is 20.1 Å². The van der Waals surface area contributed by atoms with Crippen LogP contribution >= 0.6 is 23.2 Å². The van der Waals surface area contributed by atoms with Gasteiger partial charge in [0.25, 0.3) is 5.91 Å². The van der Waals surface area contributed by atoms with E-state index in [2.05, 4.69) is 20.5 Å². The molecule has 3 aromatic carbocycles. The number of hydrogen-bond donors (Lipinski definition) is 4. The zero-order chi connectivity index (χ0) is 36.7. The van der Waals surface area contributed by atoms with Crippen LogP contribution in [0.15, 0.2) is 42.5 Å². The molecule has 1 atom stereocenters. The Labute approximate surface area is 310 Å². The lowest BCUT2D eigenvalue weighted by atomic mass is 9.96. The predicted octanol–water partition coefficient (Wildman–Crippen LogP) is 6.31. The molecule has 1 fully saturated rings. The number of anilines is 1. The first kappa shape index (κ1) is 36.2. The number of carbonyl (C=O) groups is 2. The van der Waals surface area contributed by atoms with Gasteiger partial charge in [0.1, 0.15) is 28.2 Å². The molecule has 1 aliphatic heterocycles. The Bertz CT molecular complexity index is 2050. The van der Waals surface area contributed by atoms with E-state index in [1.807, 2.05) is 41.9 Å². The summed E-state index contributed by atoms with van der Waals surface area (Å²) in [6.07, 6.45) is 3.22. The van der Waals surface area contributed by atoms with Crippen molar-refractivity contribution < 1.29 is 33.7 Å². The van der Waals surface area contributed by atoms with Crippen LogP contribution in [-0.2, 0) is 37.8 Å². The summed E-state index contributed by atoms with van der Waals surface area (Å²) in [5, 5.41) is 24.8. The number of aliphatic hydroxyl groups excluding tert-OH is 1. The van der Waals surface area contributed by atoms with Crippen LogP contribution in [0.4, 0.5) is 10.1 Å². The number of aromatic nitrogens is 2. The summed E-state index contributed by atoms with van der Waals surface area (Å²) in [6, 6.07) is 12.9. The number of carboxylic acids is 1. The van der Waals surface area contributed by atoms with E-state index in [9.17, 15) is 19.8 Å². The molecule has 52 heavy (non-hydrogen) atoms. The van der Waals surface area contributed by atoms with Crippen molar-refractivity contribution in [2.24, 2.45) is 7.05 Å². The zero-order valence-electron chi connectivity index (χ0n) is 28.9. The number of amides is 1. The maximum absolute atomic E-state index is 15.6. The molecule has 1 aromatic heterocycles. The summed E-state index contributed by atoms with van der Waals surface area (Å²) in [4.78, 5) is 32.1. The Morgan fingerprint density at radius 2 is 1.87 bits per heavy atom. The molecule has 1 saturated carbocycles. The Morgan fingerprint density at radius 3 is 2.60 bits per heavy atom. The number of aliphatic hydroxyl groups is 1. The normalized spacial score (nSPS) is 17.4. The summed E-state index contributed by atoms with van der Waals surface area (Å²) in [5.41, 5.74) is 4.99. The van der Waals surface area contributed by atoms with Crippen molar-refractivity contribution in [3.05, 3.63) is 92.2 Å². The van der Waals surface area contributed by atoms with E-state index >= 15 is 4.39 Å². The van der Waals surface area contributed by atoms with E-state index in [1.165, 1.54) is 7.11 Å². The molecule has 1 unspecified atom stereocenters. The van der Waals surface area contributed by atoms with Gasteiger partial charge in [0.05, 0.1) is 23.5 Å². The second-order valence-electron chi connectivity index (χ2n) is 13.6. The van der Waals surface area contributed by atoms with Crippen LogP contribution in [-0.4, -0.2) is 68.9 Å². The minimum Gasteiger partial charge on any atom is -0.496 e. The van der Waals surface area contributed by atoms with Gasteiger partial charge in [-0.3, -0.25) is 19.8 Å². The monoisotopic (exact) mass is 751 g/mol. The number of methoxy groups -OCH3 is 1.